The summed E-state index contributed by atoms with van der Waals surface area (Å²) < 4.78 is 12.2. The number of carboxylic acid groups (broad SMARTS) is 1. The van der Waals surface area contributed by atoms with E-state index in [1.54, 1.807) is 12.1 Å². The van der Waals surface area contributed by atoms with E-state index in [1.165, 1.54) is 0 Å². The standard InChI is InChI=1S/C28H30N2O5/c1-17-9-10-20(14-27(31)32)13-23(17)29-28(33)22-11-19(3)26(12-18(22)2)34-16-21-15-30(4)24-7-5-6-8-25(24)35-21/h5-13,21H,14-16H2,1-4H3,(H,29,33)(H,31,32)/t21-/m0/s1. The molecule has 182 valence electrons. The first-order chi connectivity index (χ1) is 16.7. The Balaban J connectivity index is 1.44. The quantitative estimate of drug-likeness (QED) is 0.513. The Kier molecular flexibility index (Phi) is 6.96. The zero-order valence-electron chi connectivity index (χ0n) is 20.4. The molecule has 1 amide bonds. The van der Waals surface area contributed by atoms with Gasteiger partial charge in [-0.3, -0.25) is 9.59 Å². The number of hydrogen-bond acceptors (Lipinski definition) is 5. The van der Waals surface area contributed by atoms with Crippen LogP contribution in [0.2, 0.25) is 0 Å². The number of benzene rings is 3. The summed E-state index contributed by atoms with van der Waals surface area (Å²) in [7, 11) is 2.04. The number of ether oxygens (including phenoxy) is 2. The smallest absolute Gasteiger partial charge is 0.307 e. The molecule has 0 spiro atoms. The molecule has 7 nitrogen and oxygen atoms in total. The maximum absolute atomic E-state index is 13.0. The highest BCUT2D eigenvalue weighted by Crippen LogP contribution is 2.32. The fourth-order valence-corrected chi connectivity index (χ4v) is 4.23. The highest BCUT2D eigenvalue weighted by atomic mass is 16.5. The van der Waals surface area contributed by atoms with E-state index in [9.17, 15) is 9.59 Å². The van der Waals surface area contributed by atoms with Crippen molar-refractivity contribution in [2.75, 3.05) is 30.4 Å². The summed E-state index contributed by atoms with van der Waals surface area (Å²) in [5.41, 5.74) is 5.34. The minimum Gasteiger partial charge on any atom is -0.489 e. The SMILES string of the molecule is Cc1ccc(CC(=O)O)cc1NC(=O)c1cc(C)c(OC[C@@H]2CN(C)c3ccccc3O2)cc1C. The number of carboxylic acids is 1. The molecular formula is C28H30N2O5. The van der Waals surface area contributed by atoms with E-state index >= 15 is 0 Å². The van der Waals surface area contributed by atoms with Crippen molar-refractivity contribution < 1.29 is 24.2 Å². The van der Waals surface area contributed by atoms with Crippen LogP contribution in [0.25, 0.3) is 0 Å². The Hall–Kier alpha value is -4.00. The number of nitrogens with zero attached hydrogens (tertiary/aromatic N) is 1. The normalized spacial score (nSPS) is 14.6. The summed E-state index contributed by atoms with van der Waals surface area (Å²) >= 11 is 0. The number of anilines is 2. The number of carbonyl (C=O) groups excluding carboxylic acids is 1. The summed E-state index contributed by atoms with van der Waals surface area (Å²) in [6, 6.07) is 16.9. The summed E-state index contributed by atoms with van der Waals surface area (Å²) in [5, 5.41) is 12.0. The number of amides is 1. The molecule has 0 aliphatic carbocycles. The van der Waals surface area contributed by atoms with Gasteiger partial charge >= 0.3 is 5.97 Å². The molecule has 2 N–H and O–H groups in total. The largest absolute Gasteiger partial charge is 0.489 e. The van der Waals surface area contributed by atoms with Crippen molar-refractivity contribution in [3.63, 3.8) is 0 Å². The van der Waals surface area contributed by atoms with Crippen LogP contribution in [0.3, 0.4) is 0 Å². The summed E-state index contributed by atoms with van der Waals surface area (Å²) in [4.78, 5) is 26.2. The van der Waals surface area contributed by atoms with Crippen molar-refractivity contribution in [2.45, 2.75) is 33.3 Å². The molecule has 0 saturated heterocycles. The fourth-order valence-electron chi connectivity index (χ4n) is 4.23. The molecule has 0 radical (unpaired) electrons. The molecule has 0 aromatic heterocycles. The molecule has 7 heteroatoms. The number of likely N-dealkylation sites (N-methyl/N-ethyl adjacent to an activating group) is 1. The van der Waals surface area contributed by atoms with Crippen LogP contribution < -0.4 is 19.7 Å². The summed E-state index contributed by atoms with van der Waals surface area (Å²) in [5.74, 6) is 0.394. The van der Waals surface area contributed by atoms with Crippen LogP contribution in [0, 0.1) is 20.8 Å². The highest BCUT2D eigenvalue weighted by Gasteiger charge is 2.24. The van der Waals surface area contributed by atoms with Gasteiger partial charge in [-0.15, -0.1) is 0 Å². The van der Waals surface area contributed by atoms with Crippen LogP contribution in [0.4, 0.5) is 11.4 Å². The van der Waals surface area contributed by atoms with Gasteiger partial charge in [0.25, 0.3) is 5.91 Å². The fraction of sp³-hybridized carbons (Fsp3) is 0.286. The van der Waals surface area contributed by atoms with Crippen LogP contribution in [-0.2, 0) is 11.2 Å². The zero-order chi connectivity index (χ0) is 25.1. The number of hydrogen-bond donors (Lipinski definition) is 2. The van der Waals surface area contributed by atoms with E-state index in [1.807, 2.05) is 70.3 Å². The number of aliphatic carboxylic acids is 1. The van der Waals surface area contributed by atoms with Gasteiger partial charge in [0, 0.05) is 18.3 Å². The predicted octanol–water partition coefficient (Wildman–Crippen LogP) is 4.77. The third-order valence-electron chi connectivity index (χ3n) is 6.14. The number of para-hydroxylation sites is 2. The highest BCUT2D eigenvalue weighted by molar-refractivity contribution is 6.06. The van der Waals surface area contributed by atoms with Crippen molar-refractivity contribution in [1.82, 2.24) is 0 Å². The topological polar surface area (TPSA) is 88.1 Å². The van der Waals surface area contributed by atoms with E-state index < -0.39 is 5.97 Å². The van der Waals surface area contributed by atoms with Gasteiger partial charge in [0.15, 0.2) is 0 Å². The molecule has 4 rings (SSSR count). The average molecular weight is 475 g/mol. The molecule has 3 aromatic rings. The van der Waals surface area contributed by atoms with Gasteiger partial charge in [-0.1, -0.05) is 24.3 Å². The lowest BCUT2D eigenvalue weighted by molar-refractivity contribution is -0.136. The minimum absolute atomic E-state index is 0.0978. The minimum atomic E-state index is -0.914. The predicted molar refractivity (Wildman–Crippen MR) is 136 cm³/mol. The van der Waals surface area contributed by atoms with E-state index in [0.717, 1.165) is 34.7 Å². The Morgan fingerprint density at radius 2 is 1.83 bits per heavy atom. The Bertz CT molecular complexity index is 1270. The van der Waals surface area contributed by atoms with Crippen LogP contribution in [0.5, 0.6) is 11.5 Å². The molecule has 1 aliphatic rings. The molecule has 0 saturated carbocycles. The Labute approximate surface area is 205 Å². The van der Waals surface area contributed by atoms with Gasteiger partial charge in [-0.2, -0.15) is 0 Å². The molecule has 0 unspecified atom stereocenters. The number of nitrogens with one attached hydrogen (secondary N) is 1. The summed E-state index contributed by atoms with van der Waals surface area (Å²) in [6.07, 6.45) is -0.210. The average Bonchev–Trinajstić information content (AvgIpc) is 2.81. The van der Waals surface area contributed by atoms with Gasteiger partial charge in [0.2, 0.25) is 0 Å². The van der Waals surface area contributed by atoms with Crippen LogP contribution in [-0.4, -0.2) is 43.3 Å². The second-order valence-electron chi connectivity index (χ2n) is 9.01. The van der Waals surface area contributed by atoms with Gasteiger partial charge in [0.1, 0.15) is 24.2 Å². The lowest BCUT2D eigenvalue weighted by Gasteiger charge is -2.33. The Morgan fingerprint density at radius 1 is 1.06 bits per heavy atom. The first kappa shape index (κ1) is 24.1. The first-order valence-electron chi connectivity index (χ1n) is 11.5. The monoisotopic (exact) mass is 474 g/mol. The van der Waals surface area contributed by atoms with E-state index in [0.29, 0.717) is 29.2 Å². The van der Waals surface area contributed by atoms with Gasteiger partial charge in [0.05, 0.1) is 18.7 Å². The van der Waals surface area contributed by atoms with Crippen molar-refractivity contribution >= 4 is 23.3 Å². The molecule has 1 heterocycles. The lowest BCUT2D eigenvalue weighted by Crippen LogP contribution is -2.41. The molecule has 1 aliphatic heterocycles. The number of carbonyl (C=O) groups is 2. The van der Waals surface area contributed by atoms with Gasteiger partial charge in [-0.25, -0.2) is 0 Å². The molecule has 3 aromatic carbocycles. The lowest BCUT2D eigenvalue weighted by atomic mass is 10.0. The first-order valence-corrected chi connectivity index (χ1v) is 11.5. The van der Waals surface area contributed by atoms with Crippen molar-refractivity contribution in [3.05, 3.63) is 82.4 Å². The second-order valence-corrected chi connectivity index (χ2v) is 9.01. The van der Waals surface area contributed by atoms with Crippen LogP contribution >= 0.6 is 0 Å². The van der Waals surface area contributed by atoms with Crippen LogP contribution in [0.15, 0.2) is 54.6 Å². The molecule has 0 fully saturated rings. The molecule has 0 bridgehead atoms. The van der Waals surface area contributed by atoms with E-state index in [4.69, 9.17) is 14.6 Å². The van der Waals surface area contributed by atoms with E-state index in [-0.39, 0.29) is 18.4 Å². The number of aryl methyl sites for hydroxylation is 3. The summed E-state index contributed by atoms with van der Waals surface area (Å²) in [6.45, 7) is 6.76. The molecule has 35 heavy (non-hydrogen) atoms. The van der Waals surface area contributed by atoms with Crippen molar-refractivity contribution in [2.24, 2.45) is 0 Å². The van der Waals surface area contributed by atoms with Crippen LogP contribution in [0.1, 0.15) is 32.6 Å². The zero-order valence-corrected chi connectivity index (χ0v) is 20.4. The van der Waals surface area contributed by atoms with Crippen molar-refractivity contribution in [3.8, 4) is 11.5 Å². The van der Waals surface area contributed by atoms with Gasteiger partial charge < -0.3 is 24.8 Å². The second kappa shape index (κ2) is 10.1. The van der Waals surface area contributed by atoms with E-state index in [2.05, 4.69) is 10.2 Å². The third-order valence-corrected chi connectivity index (χ3v) is 6.14. The Morgan fingerprint density at radius 3 is 2.60 bits per heavy atom. The molecule has 1 atom stereocenters. The van der Waals surface area contributed by atoms with Crippen molar-refractivity contribution in [1.29, 1.82) is 0 Å². The number of rotatable bonds is 7. The maximum atomic E-state index is 13.0. The van der Waals surface area contributed by atoms with Gasteiger partial charge in [-0.05, 0) is 73.4 Å². The maximum Gasteiger partial charge on any atom is 0.307 e. The third kappa shape index (κ3) is 5.57. The molecular weight excluding hydrogens is 444 g/mol. The number of fused-ring (bicyclic) bond motifs is 1.